The van der Waals surface area contributed by atoms with Crippen molar-refractivity contribution in [2.24, 2.45) is 5.92 Å². The highest BCUT2D eigenvalue weighted by Crippen LogP contribution is 2.45. The van der Waals surface area contributed by atoms with Crippen LogP contribution in [0.25, 0.3) is 0 Å². The molecule has 0 N–H and O–H groups in total. The molecule has 1 aliphatic rings. The molecule has 39 heavy (non-hydrogen) atoms. The number of nitro benzene ring substituents is 1. The second kappa shape index (κ2) is 11.1. The summed E-state index contributed by atoms with van der Waals surface area (Å²) in [5.74, 6) is -0.967. The number of hydrogen-bond donors (Lipinski definition) is 0. The first-order chi connectivity index (χ1) is 18.8. The summed E-state index contributed by atoms with van der Waals surface area (Å²) in [6, 6.07) is 31.6. The van der Waals surface area contributed by atoms with E-state index in [1.807, 2.05) is 91.9 Å². The molecule has 1 saturated heterocycles. The number of amides is 1. The molecule has 1 aliphatic heterocycles. The Bertz CT molecular complexity index is 1480. The van der Waals surface area contributed by atoms with E-state index in [0.29, 0.717) is 27.4 Å². The zero-order valence-corrected chi connectivity index (χ0v) is 22.2. The summed E-state index contributed by atoms with van der Waals surface area (Å²) in [7, 11) is -1.60. The highest BCUT2D eigenvalue weighted by atomic mass is 32.2. The largest absolute Gasteiger partial charge is 0.280 e. The zero-order chi connectivity index (χ0) is 27.5. The van der Waals surface area contributed by atoms with Crippen LogP contribution in [0.3, 0.4) is 0 Å². The van der Waals surface area contributed by atoms with E-state index < -0.39 is 27.9 Å². The molecular formula is C31H27N3O4S. The average molecular weight is 538 g/mol. The van der Waals surface area contributed by atoms with Crippen LogP contribution in [0.15, 0.2) is 126 Å². The van der Waals surface area contributed by atoms with Gasteiger partial charge in [-0.05, 0) is 54.5 Å². The molecule has 0 bridgehead atoms. The zero-order valence-electron chi connectivity index (χ0n) is 21.3. The van der Waals surface area contributed by atoms with Gasteiger partial charge in [-0.3, -0.25) is 19.8 Å². The van der Waals surface area contributed by atoms with E-state index in [-0.39, 0.29) is 18.1 Å². The maximum atomic E-state index is 14.5. The summed E-state index contributed by atoms with van der Waals surface area (Å²) in [5, 5.41) is 11.3. The number of non-ortho nitro benzene ring substituents is 1. The van der Waals surface area contributed by atoms with Crippen molar-refractivity contribution in [1.29, 1.82) is 0 Å². The third-order valence-corrected chi connectivity index (χ3v) is 8.28. The van der Waals surface area contributed by atoms with Gasteiger partial charge in [0.15, 0.2) is 0 Å². The van der Waals surface area contributed by atoms with E-state index in [0.717, 1.165) is 5.56 Å². The number of hydrogen-bond acceptors (Lipinski definition) is 4. The fourth-order valence-corrected chi connectivity index (χ4v) is 6.27. The Morgan fingerprint density at radius 1 is 0.897 bits per heavy atom. The van der Waals surface area contributed by atoms with E-state index >= 15 is 0 Å². The maximum Gasteiger partial charge on any atom is 0.269 e. The molecule has 0 aliphatic carbocycles. The predicted octanol–water partition coefficient (Wildman–Crippen LogP) is 6.52. The Morgan fingerprint density at radius 3 is 1.95 bits per heavy atom. The summed E-state index contributed by atoms with van der Waals surface area (Å²) in [5.41, 5.74) is 3.66. The van der Waals surface area contributed by atoms with E-state index in [9.17, 15) is 19.1 Å². The normalized spacial score (nSPS) is 18.0. The molecule has 0 unspecified atom stereocenters. The van der Waals surface area contributed by atoms with Gasteiger partial charge in [0.25, 0.3) is 5.69 Å². The number of para-hydroxylation sites is 2. The van der Waals surface area contributed by atoms with Crippen molar-refractivity contribution in [3.63, 3.8) is 0 Å². The number of nitrogens with zero attached hydrogens (tertiary/aromatic N) is 3. The number of rotatable bonds is 7. The van der Waals surface area contributed by atoms with Crippen LogP contribution in [-0.4, -0.2) is 25.9 Å². The second-order valence-corrected chi connectivity index (χ2v) is 10.9. The Balaban J connectivity index is 1.61. The smallest absolute Gasteiger partial charge is 0.269 e. The molecule has 0 saturated carbocycles. The SMILES string of the molecule is C=C1CN([S@@](=O)c2ccc(C)cc2)[C@@H](c2ccc([N+](=O)[O-])cc2)[C@@H]1C(=O)N(c1ccccc1)c1ccccc1. The van der Waals surface area contributed by atoms with Crippen molar-refractivity contribution >= 4 is 34.0 Å². The molecule has 196 valence electrons. The monoisotopic (exact) mass is 537 g/mol. The van der Waals surface area contributed by atoms with Crippen molar-refractivity contribution < 1.29 is 13.9 Å². The minimum absolute atomic E-state index is 0.0557. The third-order valence-electron chi connectivity index (χ3n) is 6.82. The molecule has 1 amide bonds. The van der Waals surface area contributed by atoms with Crippen LogP contribution in [0.2, 0.25) is 0 Å². The van der Waals surface area contributed by atoms with Gasteiger partial charge in [-0.25, -0.2) is 8.51 Å². The van der Waals surface area contributed by atoms with Crippen LogP contribution in [0, 0.1) is 23.0 Å². The molecule has 1 fully saturated rings. The molecule has 1 heterocycles. The van der Waals surface area contributed by atoms with Crippen LogP contribution in [0.4, 0.5) is 17.1 Å². The van der Waals surface area contributed by atoms with Crippen molar-refractivity contribution in [2.45, 2.75) is 17.9 Å². The molecular weight excluding hydrogens is 510 g/mol. The van der Waals surface area contributed by atoms with Crippen LogP contribution < -0.4 is 4.90 Å². The van der Waals surface area contributed by atoms with Crippen LogP contribution in [0.1, 0.15) is 17.2 Å². The van der Waals surface area contributed by atoms with Gasteiger partial charge in [0.2, 0.25) is 5.91 Å². The first-order valence-electron chi connectivity index (χ1n) is 12.5. The fraction of sp³-hybridized carbons (Fsp3) is 0.129. The minimum Gasteiger partial charge on any atom is -0.280 e. The molecule has 7 nitrogen and oxygen atoms in total. The number of anilines is 2. The molecule has 4 aromatic rings. The number of aryl methyl sites for hydroxylation is 1. The summed E-state index contributed by atoms with van der Waals surface area (Å²) in [4.78, 5) is 27.6. The Labute approximate surface area is 229 Å². The van der Waals surface area contributed by atoms with Crippen molar-refractivity contribution in [1.82, 2.24) is 4.31 Å². The lowest BCUT2D eigenvalue weighted by Gasteiger charge is -2.31. The first kappa shape index (κ1) is 26.2. The second-order valence-electron chi connectivity index (χ2n) is 9.41. The van der Waals surface area contributed by atoms with E-state index in [4.69, 9.17) is 0 Å². The van der Waals surface area contributed by atoms with Gasteiger partial charge in [-0.15, -0.1) is 0 Å². The summed E-state index contributed by atoms with van der Waals surface area (Å²) < 4.78 is 15.7. The van der Waals surface area contributed by atoms with Crippen molar-refractivity contribution in [3.8, 4) is 0 Å². The van der Waals surface area contributed by atoms with E-state index in [1.165, 1.54) is 12.1 Å². The quantitative estimate of drug-likeness (QED) is 0.153. The lowest BCUT2D eigenvalue weighted by molar-refractivity contribution is -0.384. The maximum absolute atomic E-state index is 14.5. The topological polar surface area (TPSA) is 83.8 Å². The van der Waals surface area contributed by atoms with E-state index in [1.54, 1.807) is 21.3 Å². The number of carbonyl (C=O) groups is 1. The van der Waals surface area contributed by atoms with Gasteiger partial charge in [0.1, 0.15) is 11.0 Å². The highest BCUT2D eigenvalue weighted by Gasteiger charge is 2.47. The molecule has 4 aromatic carbocycles. The molecule has 0 aromatic heterocycles. The van der Waals surface area contributed by atoms with Crippen molar-refractivity contribution in [2.75, 3.05) is 11.4 Å². The Kier molecular flexibility index (Phi) is 7.49. The standard InChI is InChI=1S/C31H27N3O4S/c1-22-13-19-28(20-14-22)39(38)32-21-23(2)29(30(32)24-15-17-27(18-16-24)34(36)37)31(35)33(25-9-5-3-6-10-25)26-11-7-4-8-12-26/h3-20,29-30H,2,21H2,1H3/t29-,30+,39+/m1/s1. The Morgan fingerprint density at radius 2 is 1.44 bits per heavy atom. The lowest BCUT2D eigenvalue weighted by atomic mass is 9.90. The highest BCUT2D eigenvalue weighted by molar-refractivity contribution is 7.82. The number of nitro groups is 1. The third kappa shape index (κ3) is 5.30. The van der Waals surface area contributed by atoms with Gasteiger partial charge in [-0.2, -0.15) is 0 Å². The Hall–Kier alpha value is -4.40. The first-order valence-corrected chi connectivity index (χ1v) is 13.6. The predicted molar refractivity (Wildman–Crippen MR) is 153 cm³/mol. The van der Waals surface area contributed by atoms with E-state index in [2.05, 4.69) is 6.58 Å². The molecule has 0 spiro atoms. The van der Waals surface area contributed by atoms with Gasteiger partial charge in [0.05, 0.1) is 21.8 Å². The summed E-state index contributed by atoms with van der Waals surface area (Å²) >= 11 is 0. The average Bonchev–Trinajstić information content (AvgIpc) is 3.31. The lowest BCUT2D eigenvalue weighted by Crippen LogP contribution is -2.37. The summed E-state index contributed by atoms with van der Waals surface area (Å²) in [6.07, 6.45) is 0. The number of carbonyl (C=O) groups excluding carboxylic acids is 1. The molecule has 5 rings (SSSR count). The molecule has 3 atom stereocenters. The van der Waals surface area contributed by atoms with Gasteiger partial charge >= 0.3 is 0 Å². The van der Waals surface area contributed by atoms with Crippen LogP contribution in [-0.2, 0) is 15.8 Å². The number of benzene rings is 4. The fourth-order valence-electron chi connectivity index (χ4n) is 4.90. The van der Waals surface area contributed by atoms with Gasteiger partial charge < -0.3 is 0 Å². The van der Waals surface area contributed by atoms with Crippen molar-refractivity contribution in [3.05, 3.63) is 143 Å². The summed E-state index contributed by atoms with van der Waals surface area (Å²) in [6.45, 7) is 6.45. The minimum atomic E-state index is -1.60. The van der Waals surface area contributed by atoms with Gasteiger partial charge in [-0.1, -0.05) is 72.8 Å². The molecule has 0 radical (unpaired) electrons. The van der Waals surface area contributed by atoms with Crippen LogP contribution in [0.5, 0.6) is 0 Å². The van der Waals surface area contributed by atoms with Gasteiger partial charge in [0, 0.05) is 30.1 Å². The van der Waals surface area contributed by atoms with Crippen LogP contribution >= 0.6 is 0 Å². The molecule has 8 heteroatoms.